The Hall–Kier alpha value is -4.59. The molecule has 0 amide bonds. The highest BCUT2D eigenvalue weighted by Gasteiger charge is 3.04. The Balaban J connectivity index is 1.71. The van der Waals surface area contributed by atoms with Gasteiger partial charge in [0.15, 0.2) is 24.1 Å². The maximum atomic E-state index is 14.6. The number of furan rings is 1. The highest BCUT2D eigenvalue weighted by molar-refractivity contribution is 5.80. The summed E-state index contributed by atoms with van der Waals surface area (Å²) in [5.74, 6) is -11.5. The molecule has 1 aromatic rings. The van der Waals surface area contributed by atoms with E-state index in [1.807, 2.05) is 0 Å². The highest BCUT2D eigenvalue weighted by atomic mass is 16.8. The van der Waals surface area contributed by atoms with Gasteiger partial charge in [0.1, 0.15) is 29.0 Å². The number of fused-ring (bicyclic) bond motifs is 4. The predicted octanol–water partition coefficient (Wildman–Crippen LogP) is 1.91. The molecular formula is C41H52O19. The fraction of sp³-hybridized carbons (Fsp3) is 0.732. The minimum Gasteiger partial charge on any atom is -0.472 e. The van der Waals surface area contributed by atoms with Crippen LogP contribution in [0.5, 0.6) is 0 Å². The fourth-order valence-corrected chi connectivity index (χ4v) is 13.4. The molecule has 19 nitrogen and oxygen atoms in total. The maximum absolute atomic E-state index is 14.6. The van der Waals surface area contributed by atoms with Crippen molar-refractivity contribution in [2.24, 2.45) is 28.1 Å². The Morgan fingerprint density at radius 1 is 0.833 bits per heavy atom. The first-order valence-corrected chi connectivity index (χ1v) is 19.8. The average molecular weight is 849 g/mol. The molecule has 7 rings (SSSR count). The summed E-state index contributed by atoms with van der Waals surface area (Å²) in [5, 5.41) is 28.6. The van der Waals surface area contributed by atoms with Crippen molar-refractivity contribution in [1.29, 1.82) is 0 Å². The van der Waals surface area contributed by atoms with Crippen LogP contribution in [0.15, 0.2) is 23.0 Å². The molecule has 4 saturated carbocycles. The van der Waals surface area contributed by atoms with Crippen molar-refractivity contribution in [2.75, 3.05) is 7.11 Å². The van der Waals surface area contributed by atoms with Gasteiger partial charge in [-0.15, -0.1) is 0 Å². The number of hydrogen-bond acceptors (Lipinski definition) is 19. The van der Waals surface area contributed by atoms with E-state index in [2.05, 4.69) is 0 Å². The van der Waals surface area contributed by atoms with Gasteiger partial charge in [-0.3, -0.25) is 28.8 Å². The van der Waals surface area contributed by atoms with E-state index in [1.165, 1.54) is 32.4 Å². The third-order valence-electron chi connectivity index (χ3n) is 14.8. The summed E-state index contributed by atoms with van der Waals surface area (Å²) in [6, 6.07) is 1.50. The van der Waals surface area contributed by atoms with Crippen molar-refractivity contribution in [3.63, 3.8) is 0 Å². The molecule has 2 saturated heterocycles. The Morgan fingerprint density at radius 2 is 1.43 bits per heavy atom. The molecule has 0 aromatic carbocycles. The quantitative estimate of drug-likeness (QED) is 0.238. The Kier molecular flexibility index (Phi) is 9.75. The fourth-order valence-electron chi connectivity index (χ4n) is 13.4. The first-order valence-electron chi connectivity index (χ1n) is 19.8. The normalized spacial score (nSPS) is 44.8. The monoisotopic (exact) mass is 848 g/mol. The molecule has 19 heteroatoms. The number of ether oxygens (including phenoxy) is 9. The summed E-state index contributed by atoms with van der Waals surface area (Å²) in [6.07, 6.45) is -8.97. The summed E-state index contributed by atoms with van der Waals surface area (Å²) in [6.45, 7) is 12.5. The Morgan fingerprint density at radius 3 is 1.93 bits per heavy atom. The number of aliphatic hydroxyl groups is 2. The number of carbonyl (C=O) groups excluding carboxylic acids is 7. The summed E-state index contributed by atoms with van der Waals surface area (Å²) in [4.78, 5) is 94.1. The molecular weight excluding hydrogens is 796 g/mol. The van der Waals surface area contributed by atoms with Gasteiger partial charge in [-0.2, -0.15) is 0 Å². The van der Waals surface area contributed by atoms with Gasteiger partial charge in [0.25, 0.3) is 0 Å². The lowest BCUT2D eigenvalue weighted by atomic mass is 9.32. The molecule has 6 fully saturated rings. The van der Waals surface area contributed by atoms with Gasteiger partial charge >= 0.3 is 41.8 Å². The van der Waals surface area contributed by atoms with Crippen molar-refractivity contribution in [3.8, 4) is 0 Å². The zero-order chi connectivity index (χ0) is 44.6. The van der Waals surface area contributed by atoms with Crippen LogP contribution in [0.25, 0.3) is 0 Å². The molecule has 1 aromatic heterocycles. The molecule has 6 aliphatic rings. The van der Waals surface area contributed by atoms with Crippen LogP contribution in [0.3, 0.4) is 0 Å². The number of hydrogen-bond donors (Lipinski definition) is 2. The van der Waals surface area contributed by atoms with Crippen molar-refractivity contribution in [2.45, 2.75) is 153 Å². The van der Waals surface area contributed by atoms with Gasteiger partial charge in [-0.05, 0) is 18.9 Å². The Bertz CT molecular complexity index is 2030. The molecule has 0 radical (unpaired) electrons. The summed E-state index contributed by atoms with van der Waals surface area (Å²) < 4.78 is 61.5. The van der Waals surface area contributed by atoms with E-state index >= 15 is 0 Å². The SMILES string of the molecule is CC[C@@]12C[C@@H]3[C@](C)([C@@H](OC(C)=O)c4ccoc4)[C@@H](OC(C)=O)[C@@H](OC(C)=O)[C@@]4(O)[C@]3(O1)[C@H](O2)[C@@]1(OC(C)=O)[C@@H](OC(C)=O)[C@]2(C)C[C@@]1(O)[C@@]4(C)[C@H]2[C@@H](OC(C)=O)C(=O)OC. The van der Waals surface area contributed by atoms with Crippen LogP contribution < -0.4 is 0 Å². The lowest BCUT2D eigenvalue weighted by Gasteiger charge is -2.77. The molecule has 4 bridgehead atoms. The number of esters is 7. The van der Waals surface area contributed by atoms with E-state index in [0.717, 1.165) is 48.7 Å². The van der Waals surface area contributed by atoms with E-state index in [0.29, 0.717) is 0 Å². The second kappa shape index (κ2) is 13.5. The topological polar surface area (TPSA) is 256 Å². The molecule has 2 N–H and O–H groups in total. The Labute approximate surface area is 344 Å². The molecule has 1 spiro atoms. The largest absolute Gasteiger partial charge is 0.472 e. The standard InChI is InChI=1S/C41H52O19/c1-12-37-15-25-35(9,28(54-19(3)43)24-13-14-52-16-24)29(55-20(4)44)30(56-21(5)45)41(50)36(10)27(26(31(48)51-11)53-18(2)42)34(8)17-38(36,49)40(58-23(7)47,32(34)57-22(6)46)33(59-37)39(25,41)60-37/h13-14,16,25-30,32-33,49-50H,12,15,17H2,1-11H3/t25-,26-,27+,28+,29+,30-,32+,33+,34-,35-,36-,37+,38-,39-,40+,41+/m1/s1. The van der Waals surface area contributed by atoms with Crippen LogP contribution in [0, 0.1) is 28.1 Å². The lowest BCUT2D eigenvalue weighted by molar-refractivity contribution is -0.442. The summed E-state index contributed by atoms with van der Waals surface area (Å²) in [7, 11) is 1.02. The first kappa shape index (κ1) is 43.5. The van der Waals surface area contributed by atoms with Crippen molar-refractivity contribution < 1.29 is 90.8 Å². The number of rotatable bonds is 11. The van der Waals surface area contributed by atoms with Gasteiger partial charge in [0.2, 0.25) is 11.7 Å². The highest BCUT2D eigenvalue weighted by Crippen LogP contribution is 2.87. The second-order valence-electron chi connectivity index (χ2n) is 17.8. The number of carbonyl (C=O) groups is 7. The summed E-state index contributed by atoms with van der Waals surface area (Å²) in [5.41, 5.74) is -16.4. The predicted molar refractivity (Wildman–Crippen MR) is 194 cm³/mol. The van der Waals surface area contributed by atoms with Crippen LogP contribution in [0.1, 0.15) is 100 Å². The van der Waals surface area contributed by atoms with Crippen LogP contribution in [-0.4, -0.2) is 118 Å². The van der Waals surface area contributed by atoms with Gasteiger partial charge in [-0.1, -0.05) is 27.7 Å². The van der Waals surface area contributed by atoms with Crippen molar-refractivity contribution >= 4 is 41.8 Å². The van der Waals surface area contributed by atoms with Gasteiger partial charge in [-0.25, -0.2) is 4.79 Å². The van der Waals surface area contributed by atoms with E-state index in [1.54, 1.807) is 13.8 Å². The lowest BCUT2D eigenvalue weighted by Crippen LogP contribution is -2.97. The molecule has 16 atom stereocenters. The van der Waals surface area contributed by atoms with Crippen LogP contribution >= 0.6 is 0 Å². The van der Waals surface area contributed by atoms with E-state index in [4.69, 9.17) is 47.0 Å². The van der Waals surface area contributed by atoms with E-state index in [-0.39, 0.29) is 18.4 Å². The maximum Gasteiger partial charge on any atom is 0.347 e. The molecule has 0 unspecified atom stereocenters. The average Bonchev–Trinajstić information content (AvgIpc) is 3.94. The van der Waals surface area contributed by atoms with E-state index in [9.17, 15) is 43.8 Å². The second-order valence-corrected chi connectivity index (χ2v) is 17.8. The zero-order valence-corrected chi connectivity index (χ0v) is 35.3. The van der Waals surface area contributed by atoms with Crippen LogP contribution in [0.4, 0.5) is 0 Å². The third-order valence-corrected chi connectivity index (χ3v) is 14.8. The minimum absolute atomic E-state index is 0.0246. The minimum atomic E-state index is -2.93. The molecule has 3 heterocycles. The molecule has 4 aliphatic carbocycles. The van der Waals surface area contributed by atoms with Crippen LogP contribution in [0.2, 0.25) is 0 Å². The zero-order valence-electron chi connectivity index (χ0n) is 35.3. The summed E-state index contributed by atoms with van der Waals surface area (Å²) >= 11 is 0. The van der Waals surface area contributed by atoms with Gasteiger partial charge in [0.05, 0.1) is 25.1 Å². The molecule has 60 heavy (non-hydrogen) atoms. The van der Waals surface area contributed by atoms with Gasteiger partial charge in [0, 0.05) is 76.2 Å². The number of methoxy groups -OCH3 is 1. The molecule has 2 aliphatic heterocycles. The van der Waals surface area contributed by atoms with E-state index < -0.39 is 141 Å². The van der Waals surface area contributed by atoms with Crippen molar-refractivity contribution in [1.82, 2.24) is 0 Å². The first-order chi connectivity index (χ1) is 27.8. The van der Waals surface area contributed by atoms with Crippen molar-refractivity contribution in [3.05, 3.63) is 24.2 Å². The van der Waals surface area contributed by atoms with Crippen LogP contribution in [-0.2, 0) is 76.2 Å². The van der Waals surface area contributed by atoms with Gasteiger partial charge < -0.3 is 57.3 Å². The smallest absolute Gasteiger partial charge is 0.347 e. The molecule has 330 valence electrons. The third kappa shape index (κ3) is 4.94.